The average molecular weight is 414 g/mol. The molecule has 31 heavy (non-hydrogen) atoms. The highest BCUT2D eigenvalue weighted by Gasteiger charge is 2.20. The summed E-state index contributed by atoms with van der Waals surface area (Å²) in [6, 6.07) is 17.9. The van der Waals surface area contributed by atoms with Gasteiger partial charge in [-0.2, -0.15) is 5.10 Å². The molecule has 1 amide bonds. The molecule has 0 aromatic heterocycles. The number of nitrogens with one attached hydrogen (secondary N) is 1. The molecule has 0 aliphatic carbocycles. The van der Waals surface area contributed by atoms with Gasteiger partial charge in [0, 0.05) is 36.5 Å². The molecule has 0 unspecified atom stereocenters. The Kier molecular flexibility index (Phi) is 5.49. The van der Waals surface area contributed by atoms with Crippen LogP contribution < -0.4 is 10.3 Å². The normalized spacial score (nSPS) is 12.8. The highest BCUT2D eigenvalue weighted by Crippen LogP contribution is 2.30. The highest BCUT2D eigenvalue weighted by atomic mass is 16.6. The first-order valence-corrected chi connectivity index (χ1v) is 9.92. The summed E-state index contributed by atoms with van der Waals surface area (Å²) in [5, 5.41) is 14.7. The van der Waals surface area contributed by atoms with Crippen molar-refractivity contribution < 1.29 is 9.72 Å². The Morgan fingerprint density at radius 3 is 2.29 bits per heavy atom. The topological polar surface area (TPSA) is 87.8 Å². The summed E-state index contributed by atoms with van der Waals surface area (Å²) >= 11 is 0. The van der Waals surface area contributed by atoms with E-state index in [9.17, 15) is 14.9 Å². The Labute approximate surface area is 180 Å². The number of nitro groups is 1. The van der Waals surface area contributed by atoms with Gasteiger partial charge < -0.3 is 4.90 Å². The Balaban J connectivity index is 1.42. The first-order chi connectivity index (χ1) is 14.9. The Hall–Kier alpha value is -4.00. The van der Waals surface area contributed by atoms with Crippen molar-refractivity contribution in [3.63, 3.8) is 0 Å². The molecule has 1 aliphatic heterocycles. The lowest BCUT2D eigenvalue weighted by Crippen LogP contribution is -2.19. The first-order valence-electron chi connectivity index (χ1n) is 9.92. The number of nitro benzene ring substituents is 1. The van der Waals surface area contributed by atoms with Crippen LogP contribution in [0, 0.1) is 24.0 Å². The van der Waals surface area contributed by atoms with Crippen LogP contribution in [0.1, 0.15) is 38.2 Å². The fraction of sp³-hybridized carbons (Fsp3) is 0.167. The van der Waals surface area contributed by atoms with E-state index in [1.807, 2.05) is 18.2 Å². The fourth-order valence-corrected chi connectivity index (χ4v) is 3.64. The van der Waals surface area contributed by atoms with Crippen molar-refractivity contribution in [2.45, 2.75) is 26.9 Å². The van der Waals surface area contributed by atoms with Gasteiger partial charge in [0.25, 0.3) is 11.6 Å². The predicted molar refractivity (Wildman–Crippen MR) is 120 cm³/mol. The third-order valence-electron chi connectivity index (χ3n) is 5.50. The lowest BCUT2D eigenvalue weighted by molar-refractivity contribution is -0.384. The Morgan fingerprint density at radius 1 is 1.03 bits per heavy atom. The van der Waals surface area contributed by atoms with Crippen LogP contribution in [0.5, 0.6) is 0 Å². The van der Waals surface area contributed by atoms with Crippen LogP contribution in [0.4, 0.5) is 11.4 Å². The third kappa shape index (κ3) is 4.45. The van der Waals surface area contributed by atoms with Crippen LogP contribution in [-0.2, 0) is 13.1 Å². The van der Waals surface area contributed by atoms with Crippen molar-refractivity contribution in [1.82, 2.24) is 5.43 Å². The minimum atomic E-state index is -0.461. The van der Waals surface area contributed by atoms with Gasteiger partial charge in [-0.25, -0.2) is 5.43 Å². The molecule has 0 spiro atoms. The number of non-ortho nitro benzene ring substituents is 1. The van der Waals surface area contributed by atoms with Crippen LogP contribution in [0.15, 0.2) is 65.8 Å². The number of hydrogen-bond donors (Lipinski definition) is 1. The van der Waals surface area contributed by atoms with Crippen molar-refractivity contribution in [2.75, 3.05) is 4.90 Å². The molecule has 0 atom stereocenters. The quantitative estimate of drug-likeness (QED) is 0.378. The molecule has 0 saturated heterocycles. The van der Waals surface area contributed by atoms with E-state index in [4.69, 9.17) is 0 Å². The maximum atomic E-state index is 12.5. The van der Waals surface area contributed by atoms with E-state index in [2.05, 4.69) is 41.4 Å². The van der Waals surface area contributed by atoms with E-state index in [0.717, 1.165) is 18.8 Å². The smallest absolute Gasteiger partial charge is 0.271 e. The SMILES string of the molecule is Cc1cc2c(cc1C)CN(c1cccc(C(=O)N/N=C\c3ccc([N+](=O)[O-])cc3)c1)C2. The monoisotopic (exact) mass is 414 g/mol. The molecule has 7 nitrogen and oxygen atoms in total. The van der Waals surface area contributed by atoms with Gasteiger partial charge in [-0.05, 0) is 72.0 Å². The van der Waals surface area contributed by atoms with Crippen molar-refractivity contribution in [3.05, 3.63) is 104 Å². The van der Waals surface area contributed by atoms with E-state index in [0.29, 0.717) is 11.1 Å². The van der Waals surface area contributed by atoms with Crippen molar-refractivity contribution >= 4 is 23.5 Å². The third-order valence-corrected chi connectivity index (χ3v) is 5.50. The summed E-state index contributed by atoms with van der Waals surface area (Å²) in [5.74, 6) is -0.316. The maximum Gasteiger partial charge on any atom is 0.271 e. The van der Waals surface area contributed by atoms with Gasteiger partial charge in [0.05, 0.1) is 11.1 Å². The van der Waals surface area contributed by atoms with Crippen molar-refractivity contribution in [3.8, 4) is 0 Å². The second-order valence-corrected chi connectivity index (χ2v) is 7.66. The molecular weight excluding hydrogens is 392 g/mol. The number of rotatable bonds is 5. The van der Waals surface area contributed by atoms with Crippen LogP contribution in [0.25, 0.3) is 0 Å². The first kappa shape index (κ1) is 20.3. The van der Waals surface area contributed by atoms with Gasteiger partial charge in [-0.3, -0.25) is 14.9 Å². The summed E-state index contributed by atoms with van der Waals surface area (Å²) in [7, 11) is 0. The number of hydrazone groups is 1. The predicted octanol–water partition coefficient (Wildman–Crippen LogP) is 4.50. The molecule has 4 rings (SSSR count). The Morgan fingerprint density at radius 2 is 1.68 bits per heavy atom. The number of carbonyl (C=O) groups is 1. The number of hydrogen-bond acceptors (Lipinski definition) is 5. The molecule has 1 N–H and O–H groups in total. The van der Waals surface area contributed by atoms with Gasteiger partial charge in [-0.1, -0.05) is 18.2 Å². The molecule has 7 heteroatoms. The molecule has 0 fully saturated rings. The standard InChI is InChI=1S/C24H22N4O3/c1-16-10-20-14-27(15-21(20)11-17(16)2)23-5-3-4-19(12-23)24(29)26-25-13-18-6-8-22(9-7-18)28(30)31/h3-13H,14-15H2,1-2H3,(H,26,29)/b25-13-. The van der Waals surface area contributed by atoms with Crippen molar-refractivity contribution in [2.24, 2.45) is 5.10 Å². The molecule has 1 aliphatic rings. The molecule has 3 aromatic rings. The maximum absolute atomic E-state index is 12.5. The fourth-order valence-electron chi connectivity index (χ4n) is 3.64. The lowest BCUT2D eigenvalue weighted by atomic mass is 10.0. The van der Waals surface area contributed by atoms with Gasteiger partial charge in [0.1, 0.15) is 0 Å². The molecule has 1 heterocycles. The van der Waals surface area contributed by atoms with Crippen LogP contribution in [-0.4, -0.2) is 17.0 Å². The lowest BCUT2D eigenvalue weighted by Gasteiger charge is -2.18. The van der Waals surface area contributed by atoms with E-state index in [1.54, 1.807) is 18.2 Å². The number of amides is 1. The zero-order chi connectivity index (χ0) is 22.0. The zero-order valence-electron chi connectivity index (χ0n) is 17.3. The van der Waals surface area contributed by atoms with Crippen LogP contribution in [0.3, 0.4) is 0 Å². The molecule has 0 radical (unpaired) electrons. The van der Waals surface area contributed by atoms with E-state index < -0.39 is 4.92 Å². The molecule has 156 valence electrons. The summed E-state index contributed by atoms with van der Waals surface area (Å²) in [6.45, 7) is 5.89. The number of fused-ring (bicyclic) bond motifs is 1. The number of carbonyl (C=O) groups excluding carboxylic acids is 1. The molecule has 0 saturated carbocycles. The second-order valence-electron chi connectivity index (χ2n) is 7.66. The minimum absolute atomic E-state index is 0.00684. The second kappa shape index (κ2) is 8.39. The summed E-state index contributed by atoms with van der Waals surface area (Å²) in [5.41, 5.74) is 9.90. The largest absolute Gasteiger partial charge is 0.363 e. The summed E-state index contributed by atoms with van der Waals surface area (Å²) < 4.78 is 0. The average Bonchev–Trinajstić information content (AvgIpc) is 3.17. The van der Waals surface area contributed by atoms with E-state index in [1.165, 1.54) is 40.6 Å². The van der Waals surface area contributed by atoms with Gasteiger partial charge in [-0.15, -0.1) is 0 Å². The number of nitrogens with zero attached hydrogens (tertiary/aromatic N) is 3. The summed E-state index contributed by atoms with van der Waals surface area (Å²) in [4.78, 5) is 25.0. The Bertz CT molecular complexity index is 1150. The highest BCUT2D eigenvalue weighted by molar-refractivity contribution is 5.95. The number of aryl methyl sites for hydroxylation is 2. The molecular formula is C24H22N4O3. The van der Waals surface area contributed by atoms with Gasteiger partial charge in [0.2, 0.25) is 0 Å². The van der Waals surface area contributed by atoms with Crippen molar-refractivity contribution in [1.29, 1.82) is 0 Å². The van der Waals surface area contributed by atoms with Gasteiger partial charge >= 0.3 is 0 Å². The van der Waals surface area contributed by atoms with Gasteiger partial charge in [0.15, 0.2) is 0 Å². The van der Waals surface area contributed by atoms with Crippen LogP contribution in [0.2, 0.25) is 0 Å². The number of anilines is 1. The molecule has 3 aromatic carbocycles. The van der Waals surface area contributed by atoms with E-state index in [-0.39, 0.29) is 11.6 Å². The van der Waals surface area contributed by atoms with Crippen LogP contribution >= 0.6 is 0 Å². The zero-order valence-corrected chi connectivity index (χ0v) is 17.3. The minimum Gasteiger partial charge on any atom is -0.363 e. The summed E-state index contributed by atoms with van der Waals surface area (Å²) in [6.07, 6.45) is 1.45. The number of benzene rings is 3. The van der Waals surface area contributed by atoms with E-state index >= 15 is 0 Å². The molecule has 0 bridgehead atoms.